The third kappa shape index (κ3) is 7.81. The molecule has 2 N–H and O–H groups in total. The second-order valence-electron chi connectivity index (χ2n) is 13.5. The third-order valence-corrected chi connectivity index (χ3v) is 9.74. The van der Waals surface area contributed by atoms with Crippen LogP contribution in [0.1, 0.15) is 126 Å². The summed E-state index contributed by atoms with van der Waals surface area (Å²) in [6.45, 7) is 10.3. The summed E-state index contributed by atoms with van der Waals surface area (Å²) in [5.74, 6) is 5.87. The molecule has 3 aliphatic rings. The number of nitrogens with zero attached hydrogens (tertiary/aromatic N) is 1. The fourth-order valence-electron chi connectivity index (χ4n) is 6.35. The number of nitrogens with one attached hydrogen (secondary N) is 1. The molecular formula is C32H46N2O5S. The van der Waals surface area contributed by atoms with Gasteiger partial charge in [0.25, 0.3) is 0 Å². The maximum absolute atomic E-state index is 14.1. The van der Waals surface area contributed by atoms with E-state index in [2.05, 4.69) is 24.1 Å². The van der Waals surface area contributed by atoms with Crippen LogP contribution in [-0.4, -0.2) is 40.8 Å². The fraction of sp³-hybridized carbons (Fsp3) is 0.719. The van der Waals surface area contributed by atoms with E-state index in [-0.39, 0.29) is 45.9 Å². The molecule has 0 atom stereocenters. The minimum absolute atomic E-state index is 0.0177. The number of hydrogen-bond donors (Lipinski definition) is 2. The molecule has 1 heterocycles. The van der Waals surface area contributed by atoms with Crippen molar-refractivity contribution in [2.24, 2.45) is 17.3 Å². The van der Waals surface area contributed by atoms with Crippen LogP contribution < -0.4 is 10.2 Å². The van der Waals surface area contributed by atoms with Crippen molar-refractivity contribution in [3.8, 4) is 11.8 Å². The molecule has 0 aliphatic heterocycles. The highest BCUT2D eigenvalue weighted by Crippen LogP contribution is 2.39. The number of carboxylic acids is 1. The van der Waals surface area contributed by atoms with Crippen LogP contribution in [0.15, 0.2) is 6.07 Å². The molecule has 220 valence electrons. The molecule has 40 heavy (non-hydrogen) atoms. The normalized spacial score (nSPS) is 26.3. The number of ether oxygens (including phenoxy) is 1. The van der Waals surface area contributed by atoms with Crippen molar-refractivity contribution in [3.05, 3.63) is 15.8 Å². The zero-order valence-corrected chi connectivity index (χ0v) is 25.6. The van der Waals surface area contributed by atoms with E-state index in [9.17, 15) is 19.5 Å². The molecule has 4 rings (SSSR count). The van der Waals surface area contributed by atoms with Gasteiger partial charge in [-0.25, -0.2) is 9.59 Å². The lowest BCUT2D eigenvalue weighted by Crippen LogP contribution is -2.49. The SMILES string of the molecule is CC(C)(C)C#Cc1cc(N(C(=O)[C@H]2CC[C@H](C)CC2)C2CCC(NC(=O)OC3(C)CCCC3)CC2)c(C(=O)O)s1. The maximum atomic E-state index is 14.1. The number of carbonyl (C=O) groups is 3. The molecule has 7 nitrogen and oxygen atoms in total. The highest BCUT2D eigenvalue weighted by molar-refractivity contribution is 7.15. The zero-order chi connectivity index (χ0) is 29.1. The summed E-state index contributed by atoms with van der Waals surface area (Å²) in [5, 5.41) is 13.2. The number of rotatable bonds is 6. The Morgan fingerprint density at radius 3 is 2.25 bits per heavy atom. The minimum atomic E-state index is -1.03. The van der Waals surface area contributed by atoms with Gasteiger partial charge in [-0.2, -0.15) is 0 Å². The summed E-state index contributed by atoms with van der Waals surface area (Å²) in [6.07, 6.45) is 10.1. The van der Waals surface area contributed by atoms with E-state index in [1.165, 1.54) is 0 Å². The van der Waals surface area contributed by atoms with Crippen molar-refractivity contribution in [1.29, 1.82) is 0 Å². The molecule has 0 aromatic carbocycles. The smallest absolute Gasteiger partial charge is 0.407 e. The molecule has 2 amide bonds. The summed E-state index contributed by atoms with van der Waals surface area (Å²) in [4.78, 5) is 41.7. The summed E-state index contributed by atoms with van der Waals surface area (Å²) in [5.41, 5.74) is -0.116. The monoisotopic (exact) mass is 570 g/mol. The Bertz CT molecular complexity index is 1130. The van der Waals surface area contributed by atoms with Gasteiger partial charge in [0.15, 0.2) is 0 Å². The van der Waals surface area contributed by atoms with Crippen LogP contribution in [0.5, 0.6) is 0 Å². The quantitative estimate of drug-likeness (QED) is 0.348. The van der Waals surface area contributed by atoms with Crippen molar-refractivity contribution >= 4 is 35.0 Å². The number of anilines is 1. The van der Waals surface area contributed by atoms with Crippen LogP contribution >= 0.6 is 11.3 Å². The number of amides is 2. The predicted octanol–water partition coefficient (Wildman–Crippen LogP) is 7.37. The van der Waals surface area contributed by atoms with Gasteiger partial charge in [0.2, 0.25) is 5.91 Å². The first kappa shape index (κ1) is 30.4. The van der Waals surface area contributed by atoms with Crippen molar-refractivity contribution in [2.45, 2.75) is 129 Å². The number of alkyl carbamates (subject to hydrolysis) is 1. The van der Waals surface area contributed by atoms with Gasteiger partial charge in [-0.15, -0.1) is 11.3 Å². The molecule has 0 saturated heterocycles. The van der Waals surface area contributed by atoms with Crippen LogP contribution in [0.2, 0.25) is 0 Å². The van der Waals surface area contributed by atoms with Crippen molar-refractivity contribution in [1.82, 2.24) is 5.32 Å². The molecule has 3 fully saturated rings. The van der Waals surface area contributed by atoms with Crippen LogP contribution in [0.4, 0.5) is 10.5 Å². The third-order valence-electron chi connectivity index (χ3n) is 8.71. The van der Waals surface area contributed by atoms with Gasteiger partial charge in [-0.3, -0.25) is 4.79 Å². The highest BCUT2D eigenvalue weighted by Gasteiger charge is 2.38. The lowest BCUT2D eigenvalue weighted by Gasteiger charge is -2.39. The Morgan fingerprint density at radius 1 is 1.05 bits per heavy atom. The van der Waals surface area contributed by atoms with Crippen LogP contribution in [0.25, 0.3) is 0 Å². The van der Waals surface area contributed by atoms with Gasteiger partial charge in [0.05, 0.1) is 10.6 Å². The van der Waals surface area contributed by atoms with Crippen LogP contribution in [-0.2, 0) is 9.53 Å². The number of carbonyl (C=O) groups excluding carboxylic acids is 2. The molecular weight excluding hydrogens is 524 g/mol. The van der Waals surface area contributed by atoms with Gasteiger partial charge < -0.3 is 20.1 Å². The average molecular weight is 571 g/mol. The fourth-order valence-corrected chi connectivity index (χ4v) is 7.19. The molecule has 3 aliphatic carbocycles. The van der Waals surface area contributed by atoms with E-state index < -0.39 is 5.97 Å². The lowest BCUT2D eigenvalue weighted by molar-refractivity contribution is -0.124. The average Bonchev–Trinajstić information content (AvgIpc) is 3.50. The van der Waals surface area contributed by atoms with E-state index >= 15 is 0 Å². The summed E-state index contributed by atoms with van der Waals surface area (Å²) < 4.78 is 5.77. The van der Waals surface area contributed by atoms with Gasteiger partial charge in [-0.05, 0) is 117 Å². The molecule has 1 aromatic heterocycles. The zero-order valence-electron chi connectivity index (χ0n) is 24.8. The van der Waals surface area contributed by atoms with Crippen LogP contribution in [0.3, 0.4) is 0 Å². The second kappa shape index (κ2) is 12.5. The van der Waals surface area contributed by atoms with Crippen molar-refractivity contribution in [3.63, 3.8) is 0 Å². The first-order valence-electron chi connectivity index (χ1n) is 15.1. The van der Waals surface area contributed by atoms with Crippen molar-refractivity contribution in [2.75, 3.05) is 4.90 Å². The molecule has 0 radical (unpaired) electrons. The van der Waals surface area contributed by atoms with Crippen LogP contribution in [0, 0.1) is 29.1 Å². The molecule has 1 aromatic rings. The standard InChI is InChI=1S/C32H46N2O5S/c1-21-8-10-22(11-9-21)28(35)34(26-20-25(16-19-31(2,3)4)40-27(26)29(36)37)24-14-12-23(13-15-24)33-30(38)39-32(5)17-6-7-18-32/h20-24H,6-15,17-18H2,1-5H3,(H,33,38)(H,36,37)/t21-,22-,23?,24?. The molecule has 3 saturated carbocycles. The number of thiophene rings is 1. The van der Waals surface area contributed by atoms with Gasteiger partial charge >= 0.3 is 12.1 Å². The van der Waals surface area contributed by atoms with E-state index in [1.807, 2.05) is 27.7 Å². The molecule has 0 bridgehead atoms. The van der Waals surface area contributed by atoms with Gasteiger partial charge in [0.1, 0.15) is 10.5 Å². The minimum Gasteiger partial charge on any atom is -0.477 e. The van der Waals surface area contributed by atoms with E-state index in [0.29, 0.717) is 42.2 Å². The Balaban J connectivity index is 1.53. The Hall–Kier alpha value is -2.53. The van der Waals surface area contributed by atoms with E-state index in [0.717, 1.165) is 62.7 Å². The molecule has 0 spiro atoms. The Morgan fingerprint density at radius 2 is 1.68 bits per heavy atom. The summed E-state index contributed by atoms with van der Waals surface area (Å²) in [6, 6.07) is 1.67. The van der Waals surface area contributed by atoms with E-state index in [1.54, 1.807) is 11.0 Å². The number of carboxylic acid groups (broad SMARTS) is 1. The number of hydrogen-bond acceptors (Lipinski definition) is 5. The highest BCUT2D eigenvalue weighted by atomic mass is 32.1. The first-order chi connectivity index (χ1) is 18.8. The topological polar surface area (TPSA) is 95.9 Å². The maximum Gasteiger partial charge on any atom is 0.407 e. The summed E-state index contributed by atoms with van der Waals surface area (Å²) in [7, 11) is 0. The van der Waals surface area contributed by atoms with E-state index in [4.69, 9.17) is 4.74 Å². The predicted molar refractivity (Wildman–Crippen MR) is 159 cm³/mol. The molecule has 0 unspecified atom stereocenters. The molecule has 8 heteroatoms. The number of aromatic carboxylic acids is 1. The summed E-state index contributed by atoms with van der Waals surface area (Å²) >= 11 is 1.15. The first-order valence-corrected chi connectivity index (χ1v) is 15.9. The Labute approximate surface area is 243 Å². The second-order valence-corrected chi connectivity index (χ2v) is 14.5. The van der Waals surface area contributed by atoms with Gasteiger partial charge in [0, 0.05) is 23.4 Å². The van der Waals surface area contributed by atoms with Crippen molar-refractivity contribution < 1.29 is 24.2 Å². The lowest BCUT2D eigenvalue weighted by atomic mass is 9.81. The largest absolute Gasteiger partial charge is 0.477 e. The van der Waals surface area contributed by atoms with Gasteiger partial charge in [-0.1, -0.05) is 18.8 Å². The Kier molecular flexibility index (Phi) is 9.55.